The molecule has 0 amide bonds. The molecule has 0 aromatic heterocycles. The smallest absolute Gasteiger partial charge is 0.136 e. The van der Waals surface area contributed by atoms with Crippen molar-refractivity contribution in [2.75, 3.05) is 0 Å². The second-order valence-electron chi connectivity index (χ2n) is 5.46. The van der Waals surface area contributed by atoms with Crippen LogP contribution in [0, 0.1) is 0 Å². The van der Waals surface area contributed by atoms with Crippen molar-refractivity contribution in [2.45, 2.75) is 24.9 Å². The van der Waals surface area contributed by atoms with Crippen LogP contribution in [0.15, 0.2) is 48.5 Å². The van der Waals surface area contributed by atoms with E-state index in [9.17, 15) is 10.0 Å². The molecular weight excluding hydrogens is 321 g/mol. The van der Waals surface area contributed by atoms with E-state index in [0.29, 0.717) is 22.9 Å². The summed E-state index contributed by atoms with van der Waals surface area (Å²) in [6.45, 7) is 0. The van der Waals surface area contributed by atoms with Crippen molar-refractivity contribution in [3.8, 4) is 0 Å². The third-order valence-electron chi connectivity index (χ3n) is 3.99. The van der Waals surface area contributed by atoms with Gasteiger partial charge in [0.2, 0.25) is 0 Å². The summed E-state index contributed by atoms with van der Waals surface area (Å²) in [5.74, 6) is 0.130. The zero-order chi connectivity index (χ0) is 15.7. The summed E-state index contributed by atoms with van der Waals surface area (Å²) in [5.41, 5.74) is 1.75. The summed E-state index contributed by atoms with van der Waals surface area (Å²) in [7, 11) is 0. The Kier molecular flexibility index (Phi) is 4.50. The molecule has 5 heteroatoms. The summed E-state index contributed by atoms with van der Waals surface area (Å²) in [4.78, 5) is 12.1. The summed E-state index contributed by atoms with van der Waals surface area (Å²) >= 11 is 11.8. The molecule has 0 radical (unpaired) electrons. The summed E-state index contributed by atoms with van der Waals surface area (Å²) in [6.07, 6.45) is 0.588. The molecule has 1 heterocycles. The third-order valence-corrected chi connectivity index (χ3v) is 4.49. The Morgan fingerprint density at radius 1 is 0.818 bits per heavy atom. The number of benzene rings is 2. The van der Waals surface area contributed by atoms with Gasteiger partial charge in [0, 0.05) is 22.9 Å². The van der Waals surface area contributed by atoms with E-state index in [1.165, 1.54) is 5.06 Å². The minimum absolute atomic E-state index is 0.130. The molecule has 22 heavy (non-hydrogen) atoms. The van der Waals surface area contributed by atoms with Crippen LogP contribution in [-0.4, -0.2) is 16.1 Å². The van der Waals surface area contributed by atoms with Crippen LogP contribution in [-0.2, 0) is 4.79 Å². The quantitative estimate of drug-likeness (QED) is 0.854. The number of hydrogen-bond donors (Lipinski definition) is 1. The number of hydrogen-bond acceptors (Lipinski definition) is 3. The Hall–Kier alpha value is -1.39. The number of hydroxylamine groups is 2. The summed E-state index contributed by atoms with van der Waals surface area (Å²) in [5, 5.41) is 13.1. The number of Topliss-reactive ketones (excluding diaryl/α,β-unsaturated/α-hetero) is 1. The van der Waals surface area contributed by atoms with Crippen LogP contribution >= 0.6 is 23.2 Å². The molecule has 1 N–H and O–H groups in total. The summed E-state index contributed by atoms with van der Waals surface area (Å²) < 4.78 is 0. The van der Waals surface area contributed by atoms with Gasteiger partial charge in [0.1, 0.15) is 5.78 Å². The standard InChI is InChI=1S/C17H15Cl2NO2/c18-13-5-1-11(2-6-13)16-9-15(21)10-17(20(16)22)12-3-7-14(19)8-4-12/h1-8,16-17,22H,9-10H2. The number of carbonyl (C=O) groups is 1. The van der Waals surface area contributed by atoms with Gasteiger partial charge in [0.15, 0.2) is 0 Å². The molecule has 1 fully saturated rings. The van der Waals surface area contributed by atoms with Crippen molar-refractivity contribution < 1.29 is 10.0 Å². The van der Waals surface area contributed by atoms with Gasteiger partial charge in [-0.15, -0.1) is 0 Å². The second kappa shape index (κ2) is 6.39. The molecule has 3 rings (SSSR count). The van der Waals surface area contributed by atoms with Crippen LogP contribution in [0.2, 0.25) is 10.0 Å². The Balaban J connectivity index is 1.91. The molecule has 0 aliphatic carbocycles. The van der Waals surface area contributed by atoms with Crippen molar-refractivity contribution in [3.63, 3.8) is 0 Å². The monoisotopic (exact) mass is 335 g/mol. The first kappa shape index (κ1) is 15.5. The molecule has 1 saturated heterocycles. The van der Waals surface area contributed by atoms with Gasteiger partial charge in [-0.2, -0.15) is 5.06 Å². The van der Waals surface area contributed by atoms with E-state index < -0.39 is 0 Å². The van der Waals surface area contributed by atoms with E-state index in [1.54, 1.807) is 24.3 Å². The van der Waals surface area contributed by atoms with E-state index in [0.717, 1.165) is 11.1 Å². The number of ketones is 1. The van der Waals surface area contributed by atoms with Gasteiger partial charge in [-0.1, -0.05) is 47.5 Å². The fourth-order valence-electron chi connectivity index (χ4n) is 2.83. The lowest BCUT2D eigenvalue weighted by Crippen LogP contribution is -2.37. The zero-order valence-electron chi connectivity index (χ0n) is 11.7. The highest BCUT2D eigenvalue weighted by molar-refractivity contribution is 6.30. The summed E-state index contributed by atoms with van der Waals surface area (Å²) in [6, 6.07) is 13.7. The van der Waals surface area contributed by atoms with Crippen molar-refractivity contribution in [2.24, 2.45) is 0 Å². The fraction of sp³-hybridized carbons (Fsp3) is 0.235. The van der Waals surface area contributed by atoms with Gasteiger partial charge in [0.25, 0.3) is 0 Å². The first-order valence-corrected chi connectivity index (χ1v) is 7.80. The van der Waals surface area contributed by atoms with Crippen molar-refractivity contribution >= 4 is 29.0 Å². The molecule has 2 atom stereocenters. The Morgan fingerprint density at radius 3 is 1.55 bits per heavy atom. The Morgan fingerprint density at radius 2 is 1.18 bits per heavy atom. The maximum Gasteiger partial charge on any atom is 0.136 e. The van der Waals surface area contributed by atoms with E-state index >= 15 is 0 Å². The Bertz CT molecular complexity index is 613. The highest BCUT2D eigenvalue weighted by Crippen LogP contribution is 2.39. The maximum atomic E-state index is 12.1. The van der Waals surface area contributed by atoms with Crippen LogP contribution in [0.1, 0.15) is 36.1 Å². The third kappa shape index (κ3) is 3.18. The molecule has 2 unspecified atom stereocenters. The van der Waals surface area contributed by atoms with Gasteiger partial charge in [0.05, 0.1) is 12.1 Å². The van der Waals surface area contributed by atoms with Crippen molar-refractivity contribution in [3.05, 3.63) is 69.7 Å². The van der Waals surface area contributed by atoms with Crippen molar-refractivity contribution in [1.82, 2.24) is 5.06 Å². The van der Waals surface area contributed by atoms with Gasteiger partial charge in [-0.3, -0.25) is 4.79 Å². The lowest BCUT2D eigenvalue weighted by atomic mass is 9.89. The molecule has 1 aliphatic heterocycles. The van der Waals surface area contributed by atoms with E-state index in [4.69, 9.17) is 23.2 Å². The number of halogens is 2. The lowest BCUT2D eigenvalue weighted by molar-refractivity contribution is -0.185. The van der Waals surface area contributed by atoms with Gasteiger partial charge in [-0.05, 0) is 35.4 Å². The number of rotatable bonds is 2. The number of nitrogens with zero attached hydrogens (tertiary/aromatic N) is 1. The zero-order valence-corrected chi connectivity index (χ0v) is 13.3. The predicted octanol–water partition coefficient (Wildman–Crippen LogP) is 4.83. The van der Waals surface area contributed by atoms with Gasteiger partial charge in [-0.25, -0.2) is 0 Å². The first-order chi connectivity index (χ1) is 10.5. The molecule has 0 spiro atoms. The van der Waals surface area contributed by atoms with Crippen LogP contribution in [0.25, 0.3) is 0 Å². The van der Waals surface area contributed by atoms with E-state index in [1.807, 2.05) is 24.3 Å². The second-order valence-corrected chi connectivity index (χ2v) is 6.33. The van der Waals surface area contributed by atoms with E-state index in [-0.39, 0.29) is 17.9 Å². The average molecular weight is 336 g/mol. The van der Waals surface area contributed by atoms with Crippen LogP contribution < -0.4 is 0 Å². The van der Waals surface area contributed by atoms with Crippen molar-refractivity contribution in [1.29, 1.82) is 0 Å². The largest absolute Gasteiger partial charge is 0.313 e. The van der Waals surface area contributed by atoms with Crippen LogP contribution in [0.5, 0.6) is 0 Å². The minimum Gasteiger partial charge on any atom is -0.313 e. The predicted molar refractivity (Wildman–Crippen MR) is 86.3 cm³/mol. The van der Waals surface area contributed by atoms with E-state index in [2.05, 4.69) is 0 Å². The van der Waals surface area contributed by atoms with Gasteiger partial charge >= 0.3 is 0 Å². The van der Waals surface area contributed by atoms with Gasteiger partial charge < -0.3 is 5.21 Å². The van der Waals surface area contributed by atoms with Crippen LogP contribution in [0.3, 0.4) is 0 Å². The normalized spacial score (nSPS) is 22.8. The first-order valence-electron chi connectivity index (χ1n) is 7.04. The molecule has 3 nitrogen and oxygen atoms in total. The SMILES string of the molecule is O=C1CC(c2ccc(Cl)cc2)N(O)C(c2ccc(Cl)cc2)C1. The topological polar surface area (TPSA) is 40.5 Å². The highest BCUT2D eigenvalue weighted by Gasteiger charge is 2.35. The minimum atomic E-state index is -0.362. The molecule has 114 valence electrons. The highest BCUT2D eigenvalue weighted by atomic mass is 35.5. The molecular formula is C17H15Cl2NO2. The van der Waals surface area contributed by atoms with Crippen LogP contribution in [0.4, 0.5) is 0 Å². The number of carbonyl (C=O) groups excluding carboxylic acids is 1. The molecule has 2 aromatic rings. The molecule has 1 aliphatic rings. The maximum absolute atomic E-state index is 12.1. The average Bonchev–Trinajstić information content (AvgIpc) is 2.51. The molecule has 2 aromatic carbocycles. The Labute approximate surface area is 139 Å². The fourth-order valence-corrected chi connectivity index (χ4v) is 3.08. The molecule has 0 saturated carbocycles. The number of piperidine rings is 1. The lowest BCUT2D eigenvalue weighted by Gasteiger charge is -2.37. The molecule has 0 bridgehead atoms.